The van der Waals surface area contributed by atoms with Crippen LogP contribution in [-0.4, -0.2) is 11.8 Å². The summed E-state index contributed by atoms with van der Waals surface area (Å²) in [4.78, 5) is 22.5. The van der Waals surface area contributed by atoms with Crippen LogP contribution >= 0.6 is 0 Å². The first-order valence-corrected chi connectivity index (χ1v) is 5.20. The summed E-state index contributed by atoms with van der Waals surface area (Å²) in [7, 11) is 0. The number of ketones is 1. The summed E-state index contributed by atoms with van der Waals surface area (Å²) in [5.74, 6) is -0.374. The molecule has 0 atom stereocenters. The molecule has 0 bridgehead atoms. The zero-order valence-electron chi connectivity index (χ0n) is 8.81. The Hall–Kier alpha value is -1.90. The first-order valence-electron chi connectivity index (χ1n) is 5.20. The molecule has 0 saturated heterocycles. The predicted octanol–water partition coefficient (Wildman–Crippen LogP) is 2.02. The molecule has 0 N–H and O–H groups in total. The summed E-state index contributed by atoms with van der Waals surface area (Å²) < 4.78 is 5.10. The number of hydrogen-bond donors (Lipinski definition) is 0. The predicted molar refractivity (Wildman–Crippen MR) is 58.6 cm³/mol. The van der Waals surface area contributed by atoms with E-state index in [9.17, 15) is 9.59 Å². The van der Waals surface area contributed by atoms with Crippen molar-refractivity contribution >= 4 is 11.8 Å². The van der Waals surface area contributed by atoms with Crippen LogP contribution in [0.25, 0.3) is 0 Å². The number of hydrogen-bond acceptors (Lipinski definition) is 3. The molecule has 2 rings (SSSR count). The van der Waals surface area contributed by atoms with Crippen molar-refractivity contribution in [1.29, 1.82) is 0 Å². The third-order valence-electron chi connectivity index (χ3n) is 2.45. The molecule has 0 saturated carbocycles. The average Bonchev–Trinajstić information content (AvgIpc) is 2.74. The zero-order valence-corrected chi connectivity index (χ0v) is 8.81. The van der Waals surface area contributed by atoms with E-state index in [0.717, 1.165) is 5.56 Å². The largest absolute Gasteiger partial charge is 0.457 e. The van der Waals surface area contributed by atoms with E-state index in [2.05, 4.69) is 0 Å². The van der Waals surface area contributed by atoms with Crippen molar-refractivity contribution in [2.45, 2.75) is 19.4 Å². The van der Waals surface area contributed by atoms with Gasteiger partial charge in [-0.25, -0.2) is 4.79 Å². The van der Waals surface area contributed by atoms with Crippen molar-refractivity contribution in [3.05, 3.63) is 47.5 Å². The lowest BCUT2D eigenvalue weighted by Crippen LogP contribution is -2.06. The van der Waals surface area contributed by atoms with E-state index in [0.29, 0.717) is 18.4 Å². The Morgan fingerprint density at radius 3 is 2.56 bits per heavy atom. The monoisotopic (exact) mass is 216 g/mol. The number of carbonyl (C=O) groups excluding carboxylic acids is 2. The Bertz CT molecular complexity index is 432. The highest BCUT2D eigenvalue weighted by Gasteiger charge is 2.19. The second kappa shape index (κ2) is 4.75. The number of ether oxygens (including phenoxy) is 1. The van der Waals surface area contributed by atoms with Crippen LogP contribution < -0.4 is 0 Å². The van der Waals surface area contributed by atoms with E-state index in [1.54, 1.807) is 0 Å². The first kappa shape index (κ1) is 10.6. The average molecular weight is 216 g/mol. The maximum atomic E-state index is 11.5. The summed E-state index contributed by atoms with van der Waals surface area (Å²) in [6.07, 6.45) is 2.32. The van der Waals surface area contributed by atoms with Gasteiger partial charge in [0.1, 0.15) is 6.61 Å². The van der Waals surface area contributed by atoms with Gasteiger partial charge < -0.3 is 4.74 Å². The maximum Gasteiger partial charge on any atom is 0.334 e. The molecular weight excluding hydrogens is 204 g/mol. The van der Waals surface area contributed by atoms with Gasteiger partial charge in [-0.05, 0) is 18.1 Å². The van der Waals surface area contributed by atoms with Gasteiger partial charge in [0, 0.05) is 12.0 Å². The van der Waals surface area contributed by atoms with Crippen molar-refractivity contribution in [3.63, 3.8) is 0 Å². The van der Waals surface area contributed by atoms with Gasteiger partial charge in [-0.3, -0.25) is 4.79 Å². The van der Waals surface area contributed by atoms with Gasteiger partial charge in [0.15, 0.2) is 5.78 Å². The quantitative estimate of drug-likeness (QED) is 0.726. The Kier molecular flexibility index (Phi) is 3.15. The van der Waals surface area contributed by atoms with Gasteiger partial charge in [-0.15, -0.1) is 0 Å². The lowest BCUT2D eigenvalue weighted by atomic mass is 10.2. The highest BCUT2D eigenvalue weighted by Crippen LogP contribution is 2.16. The molecule has 3 nitrogen and oxygen atoms in total. The van der Waals surface area contributed by atoms with Crippen LogP contribution in [-0.2, 0) is 20.9 Å². The number of allylic oxidation sites excluding steroid dienone is 1. The van der Waals surface area contributed by atoms with Crippen molar-refractivity contribution in [3.8, 4) is 0 Å². The molecule has 1 aliphatic carbocycles. The zero-order chi connectivity index (χ0) is 11.4. The highest BCUT2D eigenvalue weighted by molar-refractivity contribution is 6.03. The molecule has 1 aromatic rings. The second-order valence-corrected chi connectivity index (χ2v) is 3.70. The molecule has 82 valence electrons. The van der Waals surface area contributed by atoms with Crippen LogP contribution in [0, 0.1) is 0 Å². The fraction of sp³-hybridized carbons (Fsp3) is 0.231. The lowest BCUT2D eigenvalue weighted by Gasteiger charge is -2.04. The summed E-state index contributed by atoms with van der Waals surface area (Å²) in [6, 6.07) is 9.47. The summed E-state index contributed by atoms with van der Waals surface area (Å²) in [5.41, 5.74) is 1.43. The molecule has 0 spiro atoms. The fourth-order valence-electron chi connectivity index (χ4n) is 1.57. The van der Waals surface area contributed by atoms with E-state index in [-0.39, 0.29) is 18.4 Å². The van der Waals surface area contributed by atoms with Crippen molar-refractivity contribution in [1.82, 2.24) is 0 Å². The van der Waals surface area contributed by atoms with Crippen molar-refractivity contribution in [2.24, 2.45) is 0 Å². The molecule has 0 fully saturated rings. The lowest BCUT2D eigenvalue weighted by molar-refractivity contribution is -0.140. The standard InChI is InChI=1S/C13H12O3/c14-12-7-6-11(8-12)13(15)16-9-10-4-2-1-3-5-10/h1-5,8H,6-7,9H2. The van der Waals surface area contributed by atoms with Gasteiger partial charge in [0.25, 0.3) is 0 Å². The first-order chi connectivity index (χ1) is 7.75. The van der Waals surface area contributed by atoms with E-state index in [1.165, 1.54) is 6.08 Å². The molecule has 0 aromatic heterocycles. The minimum absolute atomic E-state index is 0.00617. The summed E-state index contributed by atoms with van der Waals surface area (Å²) >= 11 is 0. The third-order valence-corrected chi connectivity index (χ3v) is 2.45. The molecular formula is C13H12O3. The number of carbonyl (C=O) groups is 2. The minimum Gasteiger partial charge on any atom is -0.457 e. The summed E-state index contributed by atoms with van der Waals surface area (Å²) in [6.45, 7) is 0.255. The molecule has 1 aromatic carbocycles. The van der Waals surface area contributed by atoms with E-state index < -0.39 is 0 Å². The van der Waals surface area contributed by atoms with Gasteiger partial charge in [0.05, 0.1) is 0 Å². The molecule has 0 heterocycles. The summed E-state index contributed by atoms with van der Waals surface area (Å²) in [5, 5.41) is 0. The Morgan fingerprint density at radius 2 is 1.94 bits per heavy atom. The normalized spacial score (nSPS) is 14.8. The van der Waals surface area contributed by atoms with Crippen LogP contribution in [0.3, 0.4) is 0 Å². The molecule has 1 aliphatic rings. The minimum atomic E-state index is -0.380. The van der Waals surface area contributed by atoms with Crippen molar-refractivity contribution < 1.29 is 14.3 Å². The van der Waals surface area contributed by atoms with Crippen LogP contribution in [0.1, 0.15) is 18.4 Å². The Labute approximate surface area is 93.7 Å². The fourth-order valence-corrected chi connectivity index (χ4v) is 1.57. The van der Waals surface area contributed by atoms with Gasteiger partial charge >= 0.3 is 5.97 Å². The smallest absolute Gasteiger partial charge is 0.334 e. The topological polar surface area (TPSA) is 43.4 Å². The highest BCUT2D eigenvalue weighted by atomic mass is 16.5. The van der Waals surface area contributed by atoms with Gasteiger partial charge in [-0.2, -0.15) is 0 Å². The van der Waals surface area contributed by atoms with E-state index in [1.807, 2.05) is 30.3 Å². The number of benzene rings is 1. The molecule has 0 aliphatic heterocycles. The van der Waals surface area contributed by atoms with Crippen molar-refractivity contribution in [2.75, 3.05) is 0 Å². The Balaban J connectivity index is 1.89. The van der Waals surface area contributed by atoms with E-state index in [4.69, 9.17) is 4.74 Å². The molecule has 0 amide bonds. The van der Waals surface area contributed by atoms with E-state index >= 15 is 0 Å². The molecule has 16 heavy (non-hydrogen) atoms. The van der Waals surface area contributed by atoms with Crippen LogP contribution in [0.2, 0.25) is 0 Å². The van der Waals surface area contributed by atoms with Crippen LogP contribution in [0.5, 0.6) is 0 Å². The molecule has 3 heteroatoms. The molecule has 0 radical (unpaired) electrons. The third kappa shape index (κ3) is 2.57. The Morgan fingerprint density at radius 1 is 1.19 bits per heavy atom. The molecule has 0 unspecified atom stereocenters. The van der Waals surface area contributed by atoms with Gasteiger partial charge in [0.2, 0.25) is 0 Å². The SMILES string of the molecule is O=C1C=C(C(=O)OCc2ccccc2)CC1. The number of esters is 1. The second-order valence-electron chi connectivity index (χ2n) is 3.70. The number of rotatable bonds is 3. The van der Waals surface area contributed by atoms with Gasteiger partial charge in [-0.1, -0.05) is 30.3 Å². The van der Waals surface area contributed by atoms with Crippen LogP contribution in [0.4, 0.5) is 0 Å². The van der Waals surface area contributed by atoms with Crippen LogP contribution in [0.15, 0.2) is 42.0 Å². The maximum absolute atomic E-state index is 11.5.